The van der Waals surface area contributed by atoms with Crippen molar-refractivity contribution >= 4 is 17.7 Å². The minimum Gasteiger partial charge on any atom is -0.462 e. The van der Waals surface area contributed by atoms with Crippen molar-refractivity contribution in [2.75, 3.05) is 13.2 Å². The second kappa shape index (κ2) is 8.99. The van der Waals surface area contributed by atoms with Crippen LogP contribution >= 0.6 is 11.8 Å². The summed E-state index contributed by atoms with van der Waals surface area (Å²) in [7, 11) is 0. The van der Waals surface area contributed by atoms with Crippen molar-refractivity contribution in [2.24, 2.45) is 0 Å². The number of carbonyl (C=O) groups excluding carboxylic acids is 1. The topological polar surface area (TPSA) is 35.5 Å². The second-order valence-electron chi connectivity index (χ2n) is 4.53. The molecular weight excluding hydrogens is 260 g/mol. The maximum absolute atomic E-state index is 11.7. The van der Waals surface area contributed by atoms with Crippen LogP contribution in [0.4, 0.5) is 0 Å². The van der Waals surface area contributed by atoms with Gasteiger partial charge in [0.15, 0.2) is 0 Å². The summed E-state index contributed by atoms with van der Waals surface area (Å²) in [4.78, 5) is 11.7. The Balaban J connectivity index is 2.18. The van der Waals surface area contributed by atoms with Crippen molar-refractivity contribution in [2.45, 2.75) is 37.9 Å². The van der Waals surface area contributed by atoms with Crippen LogP contribution < -0.4 is 0 Å². The van der Waals surface area contributed by atoms with Gasteiger partial charge in [-0.3, -0.25) is 4.79 Å². The van der Waals surface area contributed by atoms with Crippen LogP contribution in [-0.2, 0) is 20.0 Å². The quantitative estimate of drug-likeness (QED) is 0.541. The van der Waals surface area contributed by atoms with Gasteiger partial charge in [-0.1, -0.05) is 30.3 Å². The molecule has 0 saturated carbocycles. The van der Waals surface area contributed by atoms with Crippen LogP contribution in [0.25, 0.3) is 0 Å². The average molecular weight is 282 g/mol. The van der Waals surface area contributed by atoms with Gasteiger partial charge in [0.1, 0.15) is 6.61 Å². The van der Waals surface area contributed by atoms with Crippen molar-refractivity contribution in [3.05, 3.63) is 35.9 Å². The van der Waals surface area contributed by atoms with Gasteiger partial charge in [0.2, 0.25) is 0 Å². The Kier molecular flexibility index (Phi) is 7.60. The smallest absolute Gasteiger partial charge is 0.318 e. The summed E-state index contributed by atoms with van der Waals surface area (Å²) in [6, 6.07) is 10.1. The lowest BCUT2D eigenvalue weighted by Gasteiger charge is -2.12. The van der Waals surface area contributed by atoms with E-state index in [0.717, 1.165) is 5.75 Å². The molecule has 0 fully saturated rings. The summed E-state index contributed by atoms with van der Waals surface area (Å²) in [5.41, 5.74) is 1.22. The van der Waals surface area contributed by atoms with Gasteiger partial charge in [0.05, 0.1) is 18.0 Å². The van der Waals surface area contributed by atoms with Crippen LogP contribution in [0.3, 0.4) is 0 Å². The van der Waals surface area contributed by atoms with Crippen LogP contribution in [0.5, 0.6) is 0 Å². The van der Waals surface area contributed by atoms with E-state index in [4.69, 9.17) is 9.47 Å². The number of ether oxygens (including phenoxy) is 2. The molecule has 0 N–H and O–H groups in total. The van der Waals surface area contributed by atoms with E-state index in [9.17, 15) is 4.79 Å². The van der Waals surface area contributed by atoms with E-state index in [1.54, 1.807) is 11.8 Å². The number of carbonyl (C=O) groups is 1. The minimum absolute atomic E-state index is 0.153. The van der Waals surface area contributed by atoms with Gasteiger partial charge in [-0.05, 0) is 26.3 Å². The molecule has 1 atom stereocenters. The predicted molar refractivity (Wildman–Crippen MR) is 79.2 cm³/mol. The van der Waals surface area contributed by atoms with Crippen LogP contribution in [-0.4, -0.2) is 30.5 Å². The molecule has 1 rings (SSSR count). The van der Waals surface area contributed by atoms with E-state index < -0.39 is 0 Å². The fourth-order valence-electron chi connectivity index (χ4n) is 1.41. The first-order chi connectivity index (χ1) is 9.09. The molecule has 19 heavy (non-hydrogen) atoms. The lowest BCUT2D eigenvalue weighted by molar-refractivity contribution is -0.144. The first-order valence-electron chi connectivity index (χ1n) is 6.53. The summed E-state index contributed by atoms with van der Waals surface area (Å²) in [6.45, 7) is 6.58. The molecule has 1 aromatic rings. The average Bonchev–Trinajstić information content (AvgIpc) is 2.41. The van der Waals surface area contributed by atoms with Gasteiger partial charge in [-0.2, -0.15) is 0 Å². The summed E-state index contributed by atoms with van der Waals surface area (Å²) in [6.07, 6.45) is 0.170. The standard InChI is InChI=1S/C15H22O3S/c1-12(2)17-9-10-18-15(16)13(3)19-11-14-7-5-4-6-8-14/h4-8,12-13H,9-11H2,1-3H3. The molecular formula is C15H22O3S. The Morgan fingerprint density at radius 1 is 1.16 bits per heavy atom. The van der Waals surface area contributed by atoms with E-state index in [1.807, 2.05) is 39.0 Å². The van der Waals surface area contributed by atoms with Gasteiger partial charge in [-0.25, -0.2) is 0 Å². The van der Waals surface area contributed by atoms with Crippen LogP contribution in [0.1, 0.15) is 26.3 Å². The SMILES string of the molecule is CC(C)OCCOC(=O)C(C)SCc1ccccc1. The summed E-state index contributed by atoms with van der Waals surface area (Å²) >= 11 is 1.59. The lowest BCUT2D eigenvalue weighted by Crippen LogP contribution is -2.20. The molecule has 0 aliphatic heterocycles. The summed E-state index contributed by atoms with van der Waals surface area (Å²) < 4.78 is 10.5. The zero-order valence-corrected chi connectivity index (χ0v) is 12.6. The Morgan fingerprint density at radius 2 is 1.84 bits per heavy atom. The highest BCUT2D eigenvalue weighted by atomic mass is 32.2. The van der Waals surface area contributed by atoms with E-state index in [2.05, 4.69) is 12.1 Å². The summed E-state index contributed by atoms with van der Waals surface area (Å²) in [5.74, 6) is 0.646. The van der Waals surface area contributed by atoms with Crippen molar-refractivity contribution < 1.29 is 14.3 Å². The maximum atomic E-state index is 11.7. The number of thioether (sulfide) groups is 1. The normalized spacial score (nSPS) is 12.4. The van der Waals surface area contributed by atoms with Crippen LogP contribution in [0, 0.1) is 0 Å². The third kappa shape index (κ3) is 7.23. The predicted octanol–water partition coefficient (Wildman–Crippen LogP) is 3.28. The largest absolute Gasteiger partial charge is 0.462 e. The fourth-order valence-corrected chi connectivity index (χ4v) is 2.25. The molecule has 0 aliphatic rings. The number of esters is 1. The molecule has 106 valence electrons. The molecule has 4 heteroatoms. The minimum atomic E-state index is -0.173. The number of hydrogen-bond donors (Lipinski definition) is 0. The van der Waals surface area contributed by atoms with E-state index in [-0.39, 0.29) is 17.3 Å². The molecule has 1 aromatic carbocycles. The van der Waals surface area contributed by atoms with Crippen molar-refractivity contribution in [1.82, 2.24) is 0 Å². The monoisotopic (exact) mass is 282 g/mol. The lowest BCUT2D eigenvalue weighted by atomic mass is 10.2. The highest BCUT2D eigenvalue weighted by Gasteiger charge is 2.14. The van der Waals surface area contributed by atoms with Crippen molar-refractivity contribution in [1.29, 1.82) is 0 Å². The molecule has 0 heterocycles. The summed E-state index contributed by atoms with van der Waals surface area (Å²) in [5, 5.41) is -0.153. The molecule has 1 unspecified atom stereocenters. The molecule has 0 amide bonds. The van der Waals surface area contributed by atoms with Gasteiger partial charge < -0.3 is 9.47 Å². The van der Waals surface area contributed by atoms with Gasteiger partial charge in [-0.15, -0.1) is 11.8 Å². The van der Waals surface area contributed by atoms with Crippen molar-refractivity contribution in [3.8, 4) is 0 Å². The second-order valence-corrected chi connectivity index (χ2v) is 5.85. The maximum Gasteiger partial charge on any atom is 0.318 e. The number of benzene rings is 1. The van der Waals surface area contributed by atoms with E-state index in [1.165, 1.54) is 5.56 Å². The Labute approximate surface area is 119 Å². The van der Waals surface area contributed by atoms with E-state index in [0.29, 0.717) is 13.2 Å². The highest BCUT2D eigenvalue weighted by molar-refractivity contribution is 7.99. The van der Waals surface area contributed by atoms with Gasteiger partial charge in [0.25, 0.3) is 0 Å². The van der Waals surface area contributed by atoms with Crippen LogP contribution in [0.2, 0.25) is 0 Å². The third-order valence-corrected chi connectivity index (χ3v) is 3.65. The van der Waals surface area contributed by atoms with Gasteiger partial charge in [0, 0.05) is 5.75 Å². The molecule has 0 aromatic heterocycles. The molecule has 0 aliphatic carbocycles. The molecule has 3 nitrogen and oxygen atoms in total. The van der Waals surface area contributed by atoms with E-state index >= 15 is 0 Å². The Hall–Kier alpha value is -1.00. The highest BCUT2D eigenvalue weighted by Crippen LogP contribution is 2.18. The molecule has 0 bridgehead atoms. The Morgan fingerprint density at radius 3 is 2.47 bits per heavy atom. The third-order valence-electron chi connectivity index (χ3n) is 2.45. The number of rotatable bonds is 8. The van der Waals surface area contributed by atoms with Gasteiger partial charge >= 0.3 is 5.97 Å². The first kappa shape index (κ1) is 16.1. The fraction of sp³-hybridized carbons (Fsp3) is 0.533. The number of hydrogen-bond acceptors (Lipinski definition) is 4. The van der Waals surface area contributed by atoms with Crippen molar-refractivity contribution in [3.63, 3.8) is 0 Å². The zero-order chi connectivity index (χ0) is 14.1. The zero-order valence-electron chi connectivity index (χ0n) is 11.8. The molecule has 0 spiro atoms. The molecule has 0 saturated heterocycles. The van der Waals surface area contributed by atoms with Crippen LogP contribution in [0.15, 0.2) is 30.3 Å². The first-order valence-corrected chi connectivity index (χ1v) is 7.58. The Bertz CT molecular complexity index is 365. The molecule has 0 radical (unpaired) electrons.